The molecule has 2 heterocycles. The zero-order valence-electron chi connectivity index (χ0n) is 11.3. The van der Waals surface area contributed by atoms with Gasteiger partial charge in [-0.05, 0) is 25.3 Å². The van der Waals surface area contributed by atoms with Crippen molar-refractivity contribution in [3.8, 4) is 11.3 Å². The molecule has 0 amide bonds. The number of hydrogen-bond acceptors (Lipinski definition) is 3. The second-order valence-corrected chi connectivity index (χ2v) is 5.34. The highest BCUT2D eigenvalue weighted by Crippen LogP contribution is 2.23. The van der Waals surface area contributed by atoms with E-state index in [2.05, 4.69) is 10.1 Å². The van der Waals surface area contributed by atoms with Gasteiger partial charge in [0, 0.05) is 17.7 Å². The molecule has 4 nitrogen and oxygen atoms in total. The van der Waals surface area contributed by atoms with Crippen molar-refractivity contribution in [1.29, 1.82) is 0 Å². The van der Waals surface area contributed by atoms with Crippen LogP contribution in [0.3, 0.4) is 0 Å². The maximum atomic E-state index is 13.8. The summed E-state index contributed by atoms with van der Waals surface area (Å²) < 4.78 is 28.0. The Morgan fingerprint density at radius 1 is 1.29 bits per heavy atom. The van der Waals surface area contributed by atoms with Crippen LogP contribution in [0.4, 0.5) is 8.78 Å². The monoisotopic (exact) mass is 307 g/mol. The Kier molecular flexibility index (Phi) is 3.29. The van der Waals surface area contributed by atoms with Crippen LogP contribution in [-0.2, 0) is 0 Å². The van der Waals surface area contributed by atoms with Gasteiger partial charge in [0.05, 0.1) is 16.3 Å². The van der Waals surface area contributed by atoms with Crippen LogP contribution in [0.2, 0.25) is 0 Å². The molecule has 1 N–H and O–H groups in total. The maximum Gasteiger partial charge on any atom is 0.286 e. The summed E-state index contributed by atoms with van der Waals surface area (Å²) in [5.74, 6) is -1.35. The molecule has 3 rings (SSSR count). The molecule has 108 valence electrons. The van der Waals surface area contributed by atoms with Crippen LogP contribution in [0, 0.1) is 18.6 Å². The van der Waals surface area contributed by atoms with Crippen LogP contribution < -0.4 is 5.56 Å². The number of aryl methyl sites for hydroxylation is 1. The Hall–Kier alpha value is -2.15. The minimum Gasteiger partial charge on any atom is -0.289 e. The second-order valence-electron chi connectivity index (χ2n) is 4.52. The summed E-state index contributed by atoms with van der Waals surface area (Å²) >= 11 is 1.31. The van der Waals surface area contributed by atoms with Crippen molar-refractivity contribution >= 4 is 17.4 Å². The number of aromatic amines is 1. The molecule has 2 aromatic heterocycles. The number of thioether (sulfide) groups is 1. The lowest BCUT2D eigenvalue weighted by atomic mass is 10.1. The zero-order chi connectivity index (χ0) is 15.1. The van der Waals surface area contributed by atoms with E-state index in [0.29, 0.717) is 21.9 Å². The summed E-state index contributed by atoms with van der Waals surface area (Å²) in [5, 5.41) is 2.81. The standard InChI is InChI=1S/C14H11F2N3OS/c1-7-13(21-2)14(20)19-12(17-7)6-11(18-19)9-4-3-8(15)5-10(9)16/h3-6,18H,1-2H3. The van der Waals surface area contributed by atoms with Crippen molar-refractivity contribution < 1.29 is 8.78 Å². The molecule has 0 atom stereocenters. The summed E-state index contributed by atoms with van der Waals surface area (Å²) in [4.78, 5) is 17.1. The zero-order valence-corrected chi connectivity index (χ0v) is 12.1. The van der Waals surface area contributed by atoms with Gasteiger partial charge in [-0.3, -0.25) is 9.89 Å². The number of halogens is 2. The highest BCUT2D eigenvalue weighted by molar-refractivity contribution is 7.98. The first-order chi connectivity index (χ1) is 10.0. The molecule has 0 radical (unpaired) electrons. The van der Waals surface area contributed by atoms with Gasteiger partial charge in [0.15, 0.2) is 5.65 Å². The van der Waals surface area contributed by atoms with Crippen LogP contribution in [0.15, 0.2) is 34.0 Å². The molecule has 0 fully saturated rings. The average molecular weight is 307 g/mol. The van der Waals surface area contributed by atoms with Crippen molar-refractivity contribution in [1.82, 2.24) is 14.6 Å². The minimum absolute atomic E-state index is 0.185. The molecule has 0 saturated carbocycles. The van der Waals surface area contributed by atoms with Crippen molar-refractivity contribution in [2.45, 2.75) is 11.8 Å². The molecule has 7 heteroatoms. The highest BCUT2D eigenvalue weighted by atomic mass is 32.2. The topological polar surface area (TPSA) is 50.2 Å². The minimum atomic E-state index is -0.698. The predicted molar refractivity (Wildman–Crippen MR) is 77.7 cm³/mol. The maximum absolute atomic E-state index is 13.8. The van der Waals surface area contributed by atoms with Crippen LogP contribution in [-0.4, -0.2) is 20.9 Å². The molecule has 0 bridgehead atoms. The van der Waals surface area contributed by atoms with Crippen molar-refractivity contribution in [2.75, 3.05) is 6.26 Å². The first-order valence-corrected chi connectivity index (χ1v) is 7.35. The Bertz CT molecular complexity index is 901. The summed E-state index contributed by atoms with van der Waals surface area (Å²) in [6.07, 6.45) is 1.79. The lowest BCUT2D eigenvalue weighted by Gasteiger charge is -2.01. The third-order valence-corrected chi connectivity index (χ3v) is 4.05. The third-order valence-electron chi connectivity index (χ3n) is 3.17. The van der Waals surface area contributed by atoms with E-state index in [0.717, 1.165) is 6.07 Å². The number of nitrogens with one attached hydrogen (secondary N) is 1. The predicted octanol–water partition coefficient (Wildman–Crippen LogP) is 3.00. The molecule has 21 heavy (non-hydrogen) atoms. The number of nitrogens with zero attached hydrogens (tertiary/aromatic N) is 2. The smallest absolute Gasteiger partial charge is 0.286 e. The van der Waals surface area contributed by atoms with Gasteiger partial charge in [0.1, 0.15) is 11.6 Å². The van der Waals surface area contributed by atoms with E-state index in [9.17, 15) is 13.6 Å². The fourth-order valence-electron chi connectivity index (χ4n) is 2.20. The SMILES string of the molecule is CSc1c(C)nc2cc(-c3ccc(F)cc3F)[nH]n2c1=O. The fraction of sp³-hybridized carbons (Fsp3) is 0.143. The largest absolute Gasteiger partial charge is 0.289 e. The Morgan fingerprint density at radius 3 is 2.71 bits per heavy atom. The first-order valence-electron chi connectivity index (χ1n) is 6.13. The molecule has 3 aromatic rings. The van der Waals surface area contributed by atoms with Gasteiger partial charge in [-0.1, -0.05) is 0 Å². The van der Waals surface area contributed by atoms with E-state index >= 15 is 0 Å². The molecule has 0 unspecified atom stereocenters. The third kappa shape index (κ3) is 2.23. The number of rotatable bonds is 2. The van der Waals surface area contributed by atoms with Gasteiger partial charge in [0.25, 0.3) is 5.56 Å². The van der Waals surface area contributed by atoms with Gasteiger partial charge in [-0.2, -0.15) is 0 Å². The molecular weight excluding hydrogens is 296 g/mol. The second kappa shape index (κ2) is 5.00. The molecule has 0 aliphatic heterocycles. The molecular formula is C14H11F2N3OS. The summed E-state index contributed by atoms with van der Waals surface area (Å²) in [6, 6.07) is 4.85. The van der Waals surface area contributed by atoms with Crippen molar-refractivity contribution in [3.05, 3.63) is 51.9 Å². The Morgan fingerprint density at radius 2 is 2.05 bits per heavy atom. The number of aromatic nitrogens is 3. The van der Waals surface area contributed by atoms with Gasteiger partial charge in [-0.15, -0.1) is 11.8 Å². The average Bonchev–Trinajstić information content (AvgIpc) is 2.83. The quantitative estimate of drug-likeness (QED) is 0.741. The highest BCUT2D eigenvalue weighted by Gasteiger charge is 2.14. The van der Waals surface area contributed by atoms with Crippen molar-refractivity contribution in [3.63, 3.8) is 0 Å². The molecule has 0 aliphatic carbocycles. The van der Waals surface area contributed by atoms with Crippen LogP contribution in [0.5, 0.6) is 0 Å². The fourth-order valence-corrected chi connectivity index (χ4v) is 2.81. The molecule has 1 aromatic carbocycles. The van der Waals surface area contributed by atoms with Crippen molar-refractivity contribution in [2.24, 2.45) is 0 Å². The van der Waals surface area contributed by atoms with Gasteiger partial charge in [0.2, 0.25) is 0 Å². The number of H-pyrrole nitrogens is 1. The van der Waals surface area contributed by atoms with Gasteiger partial charge >= 0.3 is 0 Å². The Balaban J connectivity index is 2.26. The normalized spacial score (nSPS) is 11.2. The summed E-state index contributed by atoms with van der Waals surface area (Å²) in [6.45, 7) is 1.75. The summed E-state index contributed by atoms with van der Waals surface area (Å²) in [7, 11) is 0. The number of fused-ring (bicyclic) bond motifs is 1. The number of hydrogen-bond donors (Lipinski definition) is 1. The molecule has 0 saturated heterocycles. The molecule has 0 spiro atoms. The first kappa shape index (κ1) is 13.8. The van der Waals surface area contributed by atoms with E-state index in [1.54, 1.807) is 19.2 Å². The lowest BCUT2D eigenvalue weighted by Crippen LogP contribution is -2.18. The van der Waals surface area contributed by atoms with E-state index < -0.39 is 11.6 Å². The van der Waals surface area contributed by atoms with E-state index in [-0.39, 0.29) is 11.1 Å². The lowest BCUT2D eigenvalue weighted by molar-refractivity contribution is 0.585. The van der Waals surface area contributed by atoms with E-state index in [1.807, 2.05) is 0 Å². The van der Waals surface area contributed by atoms with Gasteiger partial charge in [-0.25, -0.2) is 18.3 Å². The van der Waals surface area contributed by atoms with Crippen LogP contribution >= 0.6 is 11.8 Å². The van der Waals surface area contributed by atoms with Crippen LogP contribution in [0.1, 0.15) is 5.69 Å². The van der Waals surface area contributed by atoms with E-state index in [4.69, 9.17) is 0 Å². The van der Waals surface area contributed by atoms with Crippen LogP contribution in [0.25, 0.3) is 16.9 Å². The number of benzene rings is 1. The van der Waals surface area contributed by atoms with Gasteiger partial charge < -0.3 is 0 Å². The molecule has 0 aliphatic rings. The summed E-state index contributed by atoms with van der Waals surface area (Å²) in [5.41, 5.74) is 1.34. The Labute approximate surface area is 122 Å². The van der Waals surface area contributed by atoms with E-state index in [1.165, 1.54) is 28.4 Å².